The summed E-state index contributed by atoms with van der Waals surface area (Å²) in [6, 6.07) is 4.14. The fourth-order valence-corrected chi connectivity index (χ4v) is 4.05. The zero-order chi connectivity index (χ0) is 20.8. The van der Waals surface area contributed by atoms with Gasteiger partial charge in [-0.25, -0.2) is 0 Å². The van der Waals surface area contributed by atoms with Gasteiger partial charge in [0.15, 0.2) is 0 Å². The number of nitrogens with one attached hydrogen (secondary N) is 2. The first-order chi connectivity index (χ1) is 13.8. The molecule has 0 spiro atoms. The summed E-state index contributed by atoms with van der Waals surface area (Å²) in [5, 5.41) is 5.11. The van der Waals surface area contributed by atoms with E-state index < -0.39 is 11.9 Å². The van der Waals surface area contributed by atoms with Gasteiger partial charge in [0, 0.05) is 37.1 Å². The summed E-state index contributed by atoms with van der Waals surface area (Å²) in [7, 11) is 0. The minimum Gasteiger partial charge on any atom is -0.370 e. The summed E-state index contributed by atoms with van der Waals surface area (Å²) < 4.78 is 0. The van der Waals surface area contributed by atoms with Crippen molar-refractivity contribution in [2.75, 3.05) is 6.54 Å². The Morgan fingerprint density at radius 3 is 2.66 bits per heavy atom. The van der Waals surface area contributed by atoms with Gasteiger partial charge in [-0.2, -0.15) is 0 Å². The van der Waals surface area contributed by atoms with Crippen LogP contribution in [0.2, 0.25) is 0 Å². The van der Waals surface area contributed by atoms with Crippen LogP contribution in [0.25, 0.3) is 0 Å². The molecule has 1 aromatic rings. The Balaban J connectivity index is 1.43. The van der Waals surface area contributed by atoms with Crippen LogP contribution in [0, 0.1) is 5.41 Å². The average molecular weight is 398 g/mol. The van der Waals surface area contributed by atoms with Gasteiger partial charge in [-0.1, -0.05) is 0 Å². The Bertz CT molecular complexity index is 937. The van der Waals surface area contributed by atoms with Crippen molar-refractivity contribution in [1.82, 2.24) is 15.5 Å². The lowest BCUT2D eigenvalue weighted by atomic mass is 10.0. The smallest absolute Gasteiger partial charge is 0.255 e. The number of benzene rings is 1. The Labute approximate surface area is 167 Å². The normalized spacial score (nSPS) is 22.1. The molecule has 1 atom stereocenters. The second-order valence-electron chi connectivity index (χ2n) is 8.10. The first kappa shape index (κ1) is 19.1. The summed E-state index contributed by atoms with van der Waals surface area (Å²) in [5.41, 5.74) is 6.58. The zero-order valence-electron chi connectivity index (χ0n) is 15.8. The summed E-state index contributed by atoms with van der Waals surface area (Å²) in [6.45, 7) is 0.598. The predicted molar refractivity (Wildman–Crippen MR) is 100 cm³/mol. The minimum absolute atomic E-state index is 0.192. The molecule has 0 bridgehead atoms. The highest BCUT2D eigenvalue weighted by atomic mass is 16.2. The first-order valence-corrected chi connectivity index (χ1v) is 9.62. The van der Waals surface area contributed by atoms with E-state index in [1.807, 2.05) is 0 Å². The molecule has 4 rings (SSSR count). The standard InChI is InChI=1S/C20H22N4O5/c21-15(25)8-20(5-6-20)10-22-17(27)11-1-2-13-12(7-11)9-24(19(13)29)14-3-4-16(26)23-18(14)28/h1-2,7,14H,3-6,8-10H2,(H2,21,25)(H,22,27)(H,23,26,28). The number of piperidine rings is 1. The van der Waals surface area contributed by atoms with E-state index in [1.165, 1.54) is 4.90 Å². The Morgan fingerprint density at radius 1 is 1.24 bits per heavy atom. The van der Waals surface area contributed by atoms with Gasteiger partial charge in [-0.05, 0) is 48.4 Å². The largest absolute Gasteiger partial charge is 0.370 e. The van der Waals surface area contributed by atoms with Crippen LogP contribution in [0.3, 0.4) is 0 Å². The molecule has 2 heterocycles. The van der Waals surface area contributed by atoms with E-state index in [9.17, 15) is 24.0 Å². The van der Waals surface area contributed by atoms with Crippen molar-refractivity contribution >= 4 is 29.5 Å². The van der Waals surface area contributed by atoms with Gasteiger partial charge in [0.05, 0.1) is 0 Å². The van der Waals surface area contributed by atoms with Gasteiger partial charge in [0.25, 0.3) is 11.8 Å². The van der Waals surface area contributed by atoms with Crippen molar-refractivity contribution in [2.24, 2.45) is 11.1 Å². The molecular weight excluding hydrogens is 376 g/mol. The number of carbonyl (C=O) groups excluding carboxylic acids is 5. The molecule has 9 nitrogen and oxygen atoms in total. The third kappa shape index (κ3) is 3.72. The zero-order valence-corrected chi connectivity index (χ0v) is 15.8. The van der Waals surface area contributed by atoms with E-state index in [2.05, 4.69) is 10.6 Å². The molecule has 0 aromatic heterocycles. The van der Waals surface area contributed by atoms with E-state index in [-0.39, 0.29) is 48.4 Å². The molecule has 1 saturated heterocycles. The van der Waals surface area contributed by atoms with Gasteiger partial charge < -0.3 is 16.0 Å². The Kier molecular flexibility index (Phi) is 4.60. The van der Waals surface area contributed by atoms with E-state index >= 15 is 0 Å². The molecule has 152 valence electrons. The highest BCUT2D eigenvalue weighted by molar-refractivity contribution is 6.06. The molecule has 9 heteroatoms. The van der Waals surface area contributed by atoms with Crippen LogP contribution in [-0.2, 0) is 20.9 Å². The third-order valence-corrected chi connectivity index (χ3v) is 5.92. The van der Waals surface area contributed by atoms with Crippen molar-refractivity contribution in [1.29, 1.82) is 0 Å². The van der Waals surface area contributed by atoms with Crippen LogP contribution in [0.5, 0.6) is 0 Å². The highest BCUT2D eigenvalue weighted by Gasteiger charge is 2.44. The molecular formula is C20H22N4O5. The fraction of sp³-hybridized carbons (Fsp3) is 0.450. The van der Waals surface area contributed by atoms with Crippen molar-refractivity contribution in [2.45, 2.75) is 44.7 Å². The number of rotatable bonds is 6. The van der Waals surface area contributed by atoms with Crippen LogP contribution in [0.4, 0.5) is 0 Å². The number of primary amides is 1. The van der Waals surface area contributed by atoms with Crippen molar-refractivity contribution in [3.8, 4) is 0 Å². The maximum Gasteiger partial charge on any atom is 0.255 e. The molecule has 3 aliphatic rings. The summed E-state index contributed by atoms with van der Waals surface area (Å²) in [6.07, 6.45) is 2.45. The SMILES string of the molecule is NC(=O)CC1(CNC(=O)c2ccc3c(c2)CN(C2CCC(=O)NC2=O)C3=O)CC1. The number of carbonyl (C=O) groups is 5. The van der Waals surface area contributed by atoms with Crippen LogP contribution in [0.1, 0.15) is 58.4 Å². The molecule has 2 aliphatic heterocycles. The van der Waals surface area contributed by atoms with Crippen LogP contribution >= 0.6 is 0 Å². The van der Waals surface area contributed by atoms with E-state index in [4.69, 9.17) is 5.73 Å². The molecule has 1 saturated carbocycles. The third-order valence-electron chi connectivity index (χ3n) is 5.92. The molecule has 1 unspecified atom stereocenters. The Hall–Kier alpha value is -3.23. The monoisotopic (exact) mass is 398 g/mol. The second-order valence-corrected chi connectivity index (χ2v) is 8.10. The van der Waals surface area contributed by atoms with Gasteiger partial charge >= 0.3 is 0 Å². The molecule has 2 fully saturated rings. The molecule has 29 heavy (non-hydrogen) atoms. The lowest BCUT2D eigenvalue weighted by molar-refractivity contribution is -0.137. The van der Waals surface area contributed by atoms with Gasteiger partial charge in [0.1, 0.15) is 6.04 Å². The molecule has 5 amide bonds. The van der Waals surface area contributed by atoms with Crippen molar-refractivity contribution in [3.63, 3.8) is 0 Å². The summed E-state index contributed by atoms with van der Waals surface area (Å²) in [4.78, 5) is 61.3. The van der Waals surface area contributed by atoms with Gasteiger partial charge in [-0.3, -0.25) is 29.3 Å². The molecule has 1 aliphatic carbocycles. The van der Waals surface area contributed by atoms with Crippen LogP contribution in [0.15, 0.2) is 18.2 Å². The van der Waals surface area contributed by atoms with Gasteiger partial charge in [-0.15, -0.1) is 0 Å². The number of nitrogens with two attached hydrogens (primary N) is 1. The molecule has 4 N–H and O–H groups in total. The lowest BCUT2D eigenvalue weighted by Gasteiger charge is -2.29. The van der Waals surface area contributed by atoms with E-state index in [0.29, 0.717) is 29.7 Å². The summed E-state index contributed by atoms with van der Waals surface area (Å²) >= 11 is 0. The minimum atomic E-state index is -0.687. The second kappa shape index (κ2) is 6.98. The maximum atomic E-state index is 12.7. The number of hydrogen-bond acceptors (Lipinski definition) is 5. The number of amides is 5. The first-order valence-electron chi connectivity index (χ1n) is 9.62. The summed E-state index contributed by atoms with van der Waals surface area (Å²) in [5.74, 6) is -1.74. The van der Waals surface area contributed by atoms with E-state index in [0.717, 1.165) is 12.8 Å². The number of hydrogen-bond donors (Lipinski definition) is 3. The fourth-order valence-electron chi connectivity index (χ4n) is 4.05. The van der Waals surface area contributed by atoms with Gasteiger partial charge in [0.2, 0.25) is 17.7 Å². The quantitative estimate of drug-likeness (QED) is 0.571. The van der Waals surface area contributed by atoms with Crippen molar-refractivity contribution in [3.05, 3.63) is 34.9 Å². The number of fused-ring (bicyclic) bond motifs is 1. The highest BCUT2D eigenvalue weighted by Crippen LogP contribution is 2.48. The maximum absolute atomic E-state index is 12.7. The predicted octanol–water partition coefficient (Wildman–Crippen LogP) is -0.167. The Morgan fingerprint density at radius 2 is 2.00 bits per heavy atom. The molecule has 1 aromatic carbocycles. The number of nitrogens with zero attached hydrogens (tertiary/aromatic N) is 1. The molecule has 0 radical (unpaired) electrons. The lowest BCUT2D eigenvalue weighted by Crippen LogP contribution is -2.52. The topological polar surface area (TPSA) is 139 Å². The number of imide groups is 1. The average Bonchev–Trinajstić information content (AvgIpc) is 3.35. The van der Waals surface area contributed by atoms with Crippen molar-refractivity contribution < 1.29 is 24.0 Å². The van der Waals surface area contributed by atoms with Crippen LogP contribution < -0.4 is 16.4 Å². The van der Waals surface area contributed by atoms with E-state index in [1.54, 1.807) is 18.2 Å². The van der Waals surface area contributed by atoms with Crippen LogP contribution in [-0.4, -0.2) is 47.0 Å².